The van der Waals surface area contributed by atoms with Crippen LogP contribution in [-0.4, -0.2) is 40.0 Å². The predicted octanol–water partition coefficient (Wildman–Crippen LogP) is 5.15. The van der Waals surface area contributed by atoms with Crippen molar-refractivity contribution in [1.29, 1.82) is 0 Å². The van der Waals surface area contributed by atoms with Gasteiger partial charge in [0, 0.05) is 42.1 Å². The second-order valence-electron chi connectivity index (χ2n) is 8.70. The number of likely N-dealkylation sites (N-methyl/N-ethyl adjacent to an activating group) is 1. The molecule has 1 N–H and O–H groups in total. The second-order valence-corrected chi connectivity index (χ2v) is 8.70. The number of fused-ring (bicyclic) bond motifs is 2. The van der Waals surface area contributed by atoms with Crippen LogP contribution in [0.3, 0.4) is 0 Å². The quantitative estimate of drug-likeness (QED) is 0.458. The van der Waals surface area contributed by atoms with Crippen molar-refractivity contribution in [3.63, 3.8) is 0 Å². The average molecular weight is 457 g/mol. The highest BCUT2D eigenvalue weighted by Gasteiger charge is 2.35. The Hall–Kier alpha value is -4.07. The van der Waals surface area contributed by atoms with Gasteiger partial charge in [0.1, 0.15) is 11.7 Å². The highest BCUT2D eigenvalue weighted by molar-refractivity contribution is 6.05. The van der Waals surface area contributed by atoms with Gasteiger partial charge in [-0.05, 0) is 44.4 Å². The standard InChI is InChI=1S/C26H25FN6O/c1-15(2)33-16(3)25(34)32(4)22-10-9-18(11-23(22)33)30-26-29-14-21(27)24(31-26)20-13-28-12-17-7-5-6-8-19(17)20/h5-16H,1-4H3,(H,29,30,31). The van der Waals surface area contributed by atoms with Crippen LogP contribution in [0, 0.1) is 5.82 Å². The maximum absolute atomic E-state index is 14.8. The van der Waals surface area contributed by atoms with Crippen molar-refractivity contribution < 1.29 is 9.18 Å². The lowest BCUT2D eigenvalue weighted by atomic mass is 10.0. The van der Waals surface area contributed by atoms with Gasteiger partial charge >= 0.3 is 0 Å². The molecule has 2 aromatic heterocycles. The minimum atomic E-state index is -0.519. The Morgan fingerprint density at radius 3 is 2.65 bits per heavy atom. The van der Waals surface area contributed by atoms with Gasteiger partial charge in [-0.1, -0.05) is 24.3 Å². The summed E-state index contributed by atoms with van der Waals surface area (Å²) < 4.78 is 14.8. The summed E-state index contributed by atoms with van der Waals surface area (Å²) in [4.78, 5) is 29.4. The van der Waals surface area contributed by atoms with E-state index in [0.29, 0.717) is 5.56 Å². The van der Waals surface area contributed by atoms with Crippen molar-refractivity contribution in [2.75, 3.05) is 22.2 Å². The molecule has 3 heterocycles. The molecule has 1 aliphatic heterocycles. The van der Waals surface area contributed by atoms with Crippen LogP contribution in [0.25, 0.3) is 22.0 Å². The smallest absolute Gasteiger partial charge is 0.249 e. The number of nitrogens with one attached hydrogen (secondary N) is 1. The molecule has 1 atom stereocenters. The minimum absolute atomic E-state index is 0.0529. The fourth-order valence-corrected chi connectivity index (χ4v) is 4.59. The number of nitrogens with zero attached hydrogens (tertiary/aromatic N) is 5. The molecule has 0 radical (unpaired) electrons. The Balaban J connectivity index is 1.54. The third-order valence-corrected chi connectivity index (χ3v) is 6.20. The molecule has 1 unspecified atom stereocenters. The summed E-state index contributed by atoms with van der Waals surface area (Å²) in [5.74, 6) is -0.195. The summed E-state index contributed by atoms with van der Waals surface area (Å²) >= 11 is 0. The molecule has 7 nitrogen and oxygen atoms in total. The Morgan fingerprint density at radius 2 is 1.85 bits per heavy atom. The Kier molecular flexibility index (Phi) is 5.36. The van der Waals surface area contributed by atoms with Gasteiger partial charge in [-0.2, -0.15) is 0 Å². The molecule has 172 valence electrons. The van der Waals surface area contributed by atoms with Crippen LogP contribution in [0.4, 0.5) is 27.4 Å². The minimum Gasteiger partial charge on any atom is -0.356 e. The summed E-state index contributed by atoms with van der Waals surface area (Å²) in [7, 11) is 1.79. The Morgan fingerprint density at radius 1 is 1.06 bits per heavy atom. The van der Waals surface area contributed by atoms with Gasteiger partial charge < -0.3 is 15.1 Å². The van der Waals surface area contributed by atoms with Gasteiger partial charge in [0.2, 0.25) is 11.9 Å². The van der Waals surface area contributed by atoms with Crippen molar-refractivity contribution in [2.24, 2.45) is 0 Å². The molecule has 0 saturated carbocycles. The molecule has 1 amide bonds. The van der Waals surface area contributed by atoms with Gasteiger partial charge in [0.15, 0.2) is 5.82 Å². The first kappa shape index (κ1) is 21.8. The number of halogens is 1. The summed E-state index contributed by atoms with van der Waals surface area (Å²) in [5, 5.41) is 4.97. The summed E-state index contributed by atoms with van der Waals surface area (Å²) in [6, 6.07) is 13.3. The highest BCUT2D eigenvalue weighted by Crippen LogP contribution is 2.39. The van der Waals surface area contributed by atoms with E-state index >= 15 is 0 Å². The van der Waals surface area contributed by atoms with Crippen molar-refractivity contribution >= 4 is 39.7 Å². The molecular weight excluding hydrogens is 431 g/mol. The average Bonchev–Trinajstić information content (AvgIpc) is 2.83. The summed E-state index contributed by atoms with van der Waals surface area (Å²) in [6.45, 7) is 6.04. The molecule has 5 rings (SSSR count). The number of anilines is 4. The highest BCUT2D eigenvalue weighted by atomic mass is 19.1. The second kappa shape index (κ2) is 8.37. The van der Waals surface area contributed by atoms with Gasteiger partial charge in [-0.3, -0.25) is 9.78 Å². The number of rotatable bonds is 4. The SMILES string of the molecule is CC(C)N1c2cc(Nc3ncc(F)c(-c4cncc5ccccc45)n3)ccc2N(C)C(=O)C1C. The maximum atomic E-state index is 14.8. The van der Waals surface area contributed by atoms with E-state index in [1.54, 1.807) is 24.3 Å². The van der Waals surface area contributed by atoms with Crippen LogP contribution >= 0.6 is 0 Å². The first-order valence-electron chi connectivity index (χ1n) is 11.2. The topological polar surface area (TPSA) is 74.2 Å². The van der Waals surface area contributed by atoms with Gasteiger partial charge in [-0.25, -0.2) is 14.4 Å². The van der Waals surface area contributed by atoms with Crippen molar-refractivity contribution in [3.8, 4) is 11.3 Å². The van der Waals surface area contributed by atoms with Crippen molar-refractivity contribution in [2.45, 2.75) is 32.9 Å². The predicted molar refractivity (Wildman–Crippen MR) is 133 cm³/mol. The maximum Gasteiger partial charge on any atom is 0.249 e. The monoisotopic (exact) mass is 456 g/mol. The zero-order valence-electron chi connectivity index (χ0n) is 19.5. The van der Waals surface area contributed by atoms with E-state index in [1.807, 2.05) is 49.4 Å². The van der Waals surface area contributed by atoms with Crippen LogP contribution in [0.2, 0.25) is 0 Å². The molecule has 34 heavy (non-hydrogen) atoms. The normalized spacial score (nSPS) is 15.7. The van der Waals surface area contributed by atoms with Crippen molar-refractivity contribution in [3.05, 3.63) is 66.9 Å². The number of hydrogen-bond donors (Lipinski definition) is 1. The van der Waals surface area contributed by atoms with Crippen LogP contribution in [-0.2, 0) is 4.79 Å². The van der Waals surface area contributed by atoms with E-state index in [1.165, 1.54) is 6.20 Å². The van der Waals surface area contributed by atoms with Gasteiger partial charge in [0.05, 0.1) is 17.6 Å². The van der Waals surface area contributed by atoms with Crippen LogP contribution in [0.1, 0.15) is 20.8 Å². The van der Waals surface area contributed by atoms with Crippen LogP contribution < -0.4 is 15.1 Å². The number of benzene rings is 2. The molecule has 0 fully saturated rings. The molecule has 0 spiro atoms. The molecule has 1 aliphatic rings. The first-order valence-corrected chi connectivity index (χ1v) is 11.2. The van der Waals surface area contributed by atoms with E-state index < -0.39 is 5.82 Å². The molecule has 0 saturated heterocycles. The fraction of sp³-hybridized carbons (Fsp3) is 0.231. The lowest BCUT2D eigenvalue weighted by Gasteiger charge is -2.42. The van der Waals surface area contributed by atoms with E-state index in [2.05, 4.69) is 39.0 Å². The Labute approximate surface area is 197 Å². The molecule has 8 heteroatoms. The van der Waals surface area contributed by atoms with E-state index in [0.717, 1.165) is 27.8 Å². The molecular formula is C26H25FN6O. The first-order chi connectivity index (χ1) is 16.3. The summed E-state index contributed by atoms with van der Waals surface area (Å²) in [6.07, 6.45) is 4.53. The van der Waals surface area contributed by atoms with Crippen LogP contribution in [0.5, 0.6) is 0 Å². The molecule has 0 bridgehead atoms. The summed E-state index contributed by atoms with van der Waals surface area (Å²) in [5.41, 5.74) is 3.31. The third-order valence-electron chi connectivity index (χ3n) is 6.20. The van der Waals surface area contributed by atoms with E-state index in [4.69, 9.17) is 0 Å². The number of aromatic nitrogens is 3. The lowest BCUT2D eigenvalue weighted by molar-refractivity contribution is -0.119. The van der Waals surface area contributed by atoms with Crippen LogP contribution in [0.15, 0.2) is 61.1 Å². The zero-order chi connectivity index (χ0) is 24.0. The van der Waals surface area contributed by atoms with Gasteiger partial charge in [0.25, 0.3) is 0 Å². The number of carbonyl (C=O) groups is 1. The van der Waals surface area contributed by atoms with Crippen molar-refractivity contribution in [1.82, 2.24) is 15.0 Å². The fourth-order valence-electron chi connectivity index (χ4n) is 4.59. The Bertz CT molecular complexity index is 1400. The zero-order valence-corrected chi connectivity index (χ0v) is 19.5. The molecule has 4 aromatic rings. The largest absolute Gasteiger partial charge is 0.356 e. The van der Waals surface area contributed by atoms with Gasteiger partial charge in [-0.15, -0.1) is 0 Å². The van der Waals surface area contributed by atoms with E-state index in [9.17, 15) is 9.18 Å². The number of carbonyl (C=O) groups excluding carboxylic acids is 1. The number of hydrogen-bond acceptors (Lipinski definition) is 6. The molecule has 0 aliphatic carbocycles. The van der Waals surface area contributed by atoms with E-state index in [-0.39, 0.29) is 29.6 Å². The molecule has 2 aromatic carbocycles. The number of pyridine rings is 1. The third kappa shape index (κ3) is 3.61. The number of amides is 1. The lowest BCUT2D eigenvalue weighted by Crippen LogP contribution is -2.53.